The third-order valence-electron chi connectivity index (χ3n) is 4.93. The van der Waals surface area contributed by atoms with Gasteiger partial charge in [-0.25, -0.2) is 0 Å². The fourth-order valence-electron chi connectivity index (χ4n) is 3.58. The molecule has 24 heavy (non-hydrogen) atoms. The Balaban J connectivity index is 1.49. The number of ether oxygens (including phenoxy) is 2. The van der Waals surface area contributed by atoms with Gasteiger partial charge >= 0.3 is 0 Å². The molecule has 2 unspecified atom stereocenters. The van der Waals surface area contributed by atoms with Crippen molar-refractivity contribution in [2.75, 3.05) is 26.8 Å². The summed E-state index contributed by atoms with van der Waals surface area (Å²) in [5, 5.41) is 3.21. The highest BCUT2D eigenvalue weighted by Gasteiger charge is 2.23. The molecule has 132 valence electrons. The molecule has 1 aromatic rings. The third-order valence-corrected chi connectivity index (χ3v) is 4.93. The van der Waals surface area contributed by atoms with Crippen LogP contribution in [-0.2, 0) is 11.3 Å². The van der Waals surface area contributed by atoms with E-state index in [2.05, 4.69) is 12.2 Å². The highest BCUT2D eigenvalue weighted by molar-refractivity contribution is 5.78. The molecule has 2 aliphatic rings. The van der Waals surface area contributed by atoms with Gasteiger partial charge in [-0.3, -0.25) is 9.69 Å². The first-order chi connectivity index (χ1) is 11.6. The van der Waals surface area contributed by atoms with Crippen molar-refractivity contribution in [2.45, 2.75) is 45.2 Å². The fourth-order valence-corrected chi connectivity index (χ4v) is 3.58. The van der Waals surface area contributed by atoms with Crippen LogP contribution in [0.5, 0.6) is 11.5 Å². The Morgan fingerprint density at radius 2 is 1.96 bits per heavy atom. The molecule has 1 aromatic carbocycles. The number of amides is 1. The average molecular weight is 332 g/mol. The summed E-state index contributed by atoms with van der Waals surface area (Å²) in [6.45, 7) is 4.56. The maximum atomic E-state index is 12.3. The van der Waals surface area contributed by atoms with Gasteiger partial charge < -0.3 is 14.8 Å². The van der Waals surface area contributed by atoms with Crippen molar-refractivity contribution < 1.29 is 14.3 Å². The fraction of sp³-hybridized carbons (Fsp3) is 0.632. The Labute approximate surface area is 144 Å². The topological polar surface area (TPSA) is 50.8 Å². The molecule has 1 aliphatic heterocycles. The first-order valence-electron chi connectivity index (χ1n) is 8.98. The van der Waals surface area contributed by atoms with Crippen LogP contribution in [0.15, 0.2) is 18.2 Å². The Bertz CT molecular complexity index is 576. The lowest BCUT2D eigenvalue weighted by molar-refractivity contribution is -0.123. The van der Waals surface area contributed by atoms with Gasteiger partial charge in [0.15, 0.2) is 11.5 Å². The monoisotopic (exact) mass is 332 g/mol. The number of hydrogen-bond donors (Lipinski definition) is 1. The molecule has 1 heterocycles. The summed E-state index contributed by atoms with van der Waals surface area (Å²) in [5.41, 5.74) is 1.13. The Hall–Kier alpha value is -1.75. The normalized spacial score (nSPS) is 23.1. The molecule has 1 N–H and O–H groups in total. The van der Waals surface area contributed by atoms with Crippen LogP contribution in [0.25, 0.3) is 0 Å². The van der Waals surface area contributed by atoms with Crippen LogP contribution in [-0.4, -0.2) is 43.7 Å². The SMILES string of the molecule is CC1CCCCC1NC(=O)CN(C)Cc1ccc2c(c1)OCCO2. The number of nitrogens with zero attached hydrogens (tertiary/aromatic N) is 1. The number of fused-ring (bicyclic) bond motifs is 1. The minimum absolute atomic E-state index is 0.119. The Kier molecular flexibility index (Phi) is 5.61. The summed E-state index contributed by atoms with van der Waals surface area (Å²) >= 11 is 0. The van der Waals surface area contributed by atoms with Gasteiger partial charge in [0.05, 0.1) is 6.54 Å². The Morgan fingerprint density at radius 3 is 2.75 bits per heavy atom. The highest BCUT2D eigenvalue weighted by atomic mass is 16.6. The predicted octanol–water partition coefficient (Wildman–Crippen LogP) is 2.58. The number of carbonyl (C=O) groups is 1. The highest BCUT2D eigenvalue weighted by Crippen LogP contribution is 2.31. The second-order valence-corrected chi connectivity index (χ2v) is 7.09. The first kappa shape index (κ1) is 17.1. The molecule has 1 fully saturated rings. The minimum atomic E-state index is 0.119. The van der Waals surface area contributed by atoms with E-state index in [-0.39, 0.29) is 5.91 Å². The van der Waals surface area contributed by atoms with E-state index < -0.39 is 0 Å². The molecule has 3 rings (SSSR count). The van der Waals surface area contributed by atoms with Gasteiger partial charge in [0.25, 0.3) is 0 Å². The molecule has 0 aromatic heterocycles. The maximum Gasteiger partial charge on any atom is 0.234 e. The molecule has 0 spiro atoms. The van der Waals surface area contributed by atoms with Gasteiger partial charge in [-0.05, 0) is 43.5 Å². The van der Waals surface area contributed by atoms with E-state index in [4.69, 9.17) is 9.47 Å². The summed E-state index contributed by atoms with van der Waals surface area (Å²) in [4.78, 5) is 14.3. The molecular formula is C19H28N2O3. The molecule has 0 saturated heterocycles. The largest absolute Gasteiger partial charge is 0.486 e. The van der Waals surface area contributed by atoms with Crippen molar-refractivity contribution >= 4 is 5.91 Å². The van der Waals surface area contributed by atoms with Crippen molar-refractivity contribution in [3.8, 4) is 11.5 Å². The van der Waals surface area contributed by atoms with Crippen molar-refractivity contribution in [3.63, 3.8) is 0 Å². The number of nitrogens with one attached hydrogen (secondary N) is 1. The van der Waals surface area contributed by atoms with Gasteiger partial charge in [-0.2, -0.15) is 0 Å². The van der Waals surface area contributed by atoms with Gasteiger partial charge in [0, 0.05) is 12.6 Å². The molecular weight excluding hydrogens is 304 g/mol. The zero-order valence-electron chi connectivity index (χ0n) is 14.7. The van der Waals surface area contributed by atoms with E-state index in [0.717, 1.165) is 23.5 Å². The van der Waals surface area contributed by atoms with Crippen LogP contribution in [0, 0.1) is 5.92 Å². The van der Waals surface area contributed by atoms with Gasteiger partial charge in [-0.1, -0.05) is 25.8 Å². The molecule has 0 bridgehead atoms. The second-order valence-electron chi connectivity index (χ2n) is 7.09. The van der Waals surface area contributed by atoms with Crippen LogP contribution in [0.2, 0.25) is 0 Å². The minimum Gasteiger partial charge on any atom is -0.486 e. The molecule has 1 amide bonds. The van der Waals surface area contributed by atoms with Crippen LogP contribution in [0.1, 0.15) is 38.2 Å². The smallest absolute Gasteiger partial charge is 0.234 e. The van der Waals surface area contributed by atoms with Crippen molar-refractivity contribution in [1.29, 1.82) is 0 Å². The third kappa shape index (κ3) is 4.41. The van der Waals surface area contributed by atoms with Crippen molar-refractivity contribution in [1.82, 2.24) is 10.2 Å². The lowest BCUT2D eigenvalue weighted by atomic mass is 9.86. The summed E-state index contributed by atoms with van der Waals surface area (Å²) in [5.74, 6) is 2.31. The standard InChI is InChI=1S/C19H28N2O3/c1-14-5-3-4-6-16(14)20-19(22)13-21(2)12-15-7-8-17-18(11-15)24-10-9-23-17/h7-8,11,14,16H,3-6,9-10,12-13H2,1-2H3,(H,20,22). The van der Waals surface area contributed by atoms with E-state index in [0.29, 0.717) is 38.3 Å². The molecule has 5 heteroatoms. The van der Waals surface area contributed by atoms with Gasteiger partial charge in [-0.15, -0.1) is 0 Å². The van der Waals surface area contributed by atoms with E-state index in [1.807, 2.05) is 30.1 Å². The van der Waals surface area contributed by atoms with Crippen LogP contribution in [0.4, 0.5) is 0 Å². The summed E-state index contributed by atoms with van der Waals surface area (Å²) in [7, 11) is 1.97. The number of carbonyl (C=O) groups excluding carboxylic acids is 1. The number of hydrogen-bond acceptors (Lipinski definition) is 4. The average Bonchev–Trinajstić information content (AvgIpc) is 2.56. The van der Waals surface area contributed by atoms with Crippen LogP contribution in [0.3, 0.4) is 0 Å². The summed E-state index contributed by atoms with van der Waals surface area (Å²) in [6.07, 6.45) is 4.84. The van der Waals surface area contributed by atoms with Crippen molar-refractivity contribution in [3.05, 3.63) is 23.8 Å². The van der Waals surface area contributed by atoms with E-state index >= 15 is 0 Å². The Morgan fingerprint density at radius 1 is 1.21 bits per heavy atom. The first-order valence-corrected chi connectivity index (χ1v) is 8.98. The molecule has 0 radical (unpaired) electrons. The lowest BCUT2D eigenvalue weighted by Crippen LogP contribution is -2.44. The summed E-state index contributed by atoms with van der Waals surface area (Å²) < 4.78 is 11.2. The molecule has 2 atom stereocenters. The number of benzene rings is 1. The molecule has 1 aliphatic carbocycles. The van der Waals surface area contributed by atoms with Crippen LogP contribution < -0.4 is 14.8 Å². The number of rotatable bonds is 5. The zero-order valence-corrected chi connectivity index (χ0v) is 14.7. The van der Waals surface area contributed by atoms with E-state index in [1.54, 1.807) is 0 Å². The quantitative estimate of drug-likeness (QED) is 0.900. The van der Waals surface area contributed by atoms with Crippen LogP contribution >= 0.6 is 0 Å². The van der Waals surface area contributed by atoms with E-state index in [9.17, 15) is 4.79 Å². The van der Waals surface area contributed by atoms with Gasteiger partial charge in [0.2, 0.25) is 5.91 Å². The lowest BCUT2D eigenvalue weighted by Gasteiger charge is -2.30. The maximum absolute atomic E-state index is 12.3. The van der Waals surface area contributed by atoms with Gasteiger partial charge in [0.1, 0.15) is 13.2 Å². The second kappa shape index (κ2) is 7.88. The molecule has 5 nitrogen and oxygen atoms in total. The summed E-state index contributed by atoms with van der Waals surface area (Å²) in [6, 6.07) is 6.33. The zero-order chi connectivity index (χ0) is 16.9. The van der Waals surface area contributed by atoms with Crippen molar-refractivity contribution in [2.24, 2.45) is 5.92 Å². The molecule has 1 saturated carbocycles. The number of likely N-dealkylation sites (N-methyl/N-ethyl adjacent to an activating group) is 1. The van der Waals surface area contributed by atoms with E-state index in [1.165, 1.54) is 19.3 Å². The predicted molar refractivity (Wildman–Crippen MR) is 93.3 cm³/mol.